The summed E-state index contributed by atoms with van der Waals surface area (Å²) in [5.41, 5.74) is 2.82. The highest BCUT2D eigenvalue weighted by Crippen LogP contribution is 2.40. The first-order valence-electron chi connectivity index (χ1n) is 4.87. The Kier molecular flexibility index (Phi) is 4.31. The Hall–Kier alpha value is 0.300. The van der Waals surface area contributed by atoms with Gasteiger partial charge < -0.3 is 0 Å². The van der Waals surface area contributed by atoms with E-state index in [1.165, 1.54) is 11.1 Å². The Labute approximate surface area is 103 Å². The van der Waals surface area contributed by atoms with Gasteiger partial charge in [0.05, 0.1) is 0 Å². The normalized spacial score (nSPS) is 12.1. The summed E-state index contributed by atoms with van der Waals surface area (Å²) < 4.78 is 0.218. The zero-order chi connectivity index (χ0) is 10.8. The van der Waals surface area contributed by atoms with E-state index in [0.29, 0.717) is 5.92 Å². The lowest BCUT2D eigenvalue weighted by atomic mass is 9.97. The molecule has 0 saturated heterocycles. The zero-order valence-corrected chi connectivity index (χ0v) is 12.1. The van der Waals surface area contributed by atoms with Crippen LogP contribution in [0.2, 0.25) is 0 Å². The van der Waals surface area contributed by atoms with Crippen molar-refractivity contribution in [1.82, 2.24) is 0 Å². The van der Waals surface area contributed by atoms with E-state index in [2.05, 4.69) is 73.2 Å². The fourth-order valence-corrected chi connectivity index (χ4v) is 2.30. The Balaban J connectivity index is 2.94. The average Bonchev–Trinajstić information content (AvgIpc) is 2.18. The summed E-state index contributed by atoms with van der Waals surface area (Å²) in [4.78, 5) is 0. The van der Waals surface area contributed by atoms with Crippen molar-refractivity contribution >= 4 is 30.1 Å². The Morgan fingerprint density at radius 1 is 1.14 bits per heavy atom. The van der Waals surface area contributed by atoms with Gasteiger partial charge in [0.15, 0.2) is 0 Å². The molecule has 0 radical (unpaired) electrons. The molecule has 1 rings (SSSR count). The topological polar surface area (TPSA) is 0 Å². The van der Waals surface area contributed by atoms with Crippen LogP contribution in [0.5, 0.6) is 0 Å². The molecule has 2 heteroatoms. The molecule has 0 unspecified atom stereocenters. The van der Waals surface area contributed by atoms with E-state index in [0.717, 1.165) is 0 Å². The van der Waals surface area contributed by atoms with Crippen molar-refractivity contribution in [3.05, 3.63) is 35.4 Å². The molecule has 0 spiro atoms. The van der Waals surface area contributed by atoms with Crippen LogP contribution in [0.25, 0.3) is 0 Å². The number of hydrogen-bond acceptors (Lipinski definition) is 1. The second-order valence-corrected chi connectivity index (χ2v) is 6.86. The molecule has 0 amide bonds. The molecule has 14 heavy (non-hydrogen) atoms. The third-order valence-corrected chi connectivity index (χ3v) is 6.39. The summed E-state index contributed by atoms with van der Waals surface area (Å²) in [5.74, 6) is 0.624. The van der Waals surface area contributed by atoms with Crippen molar-refractivity contribution < 1.29 is 0 Å². The van der Waals surface area contributed by atoms with Crippen molar-refractivity contribution in [2.24, 2.45) is 0 Å². The van der Waals surface area contributed by atoms with Crippen LogP contribution in [-0.2, 0) is 4.75 Å². The summed E-state index contributed by atoms with van der Waals surface area (Å²) in [6, 6.07) is 8.99. The van der Waals surface area contributed by atoms with Crippen LogP contribution in [0, 0.1) is 0 Å². The van der Waals surface area contributed by atoms with Crippen LogP contribution in [0.15, 0.2) is 24.3 Å². The average molecular weight is 320 g/mol. The molecule has 0 aromatic heterocycles. The molecule has 0 heterocycles. The molecule has 0 bridgehead atoms. The van der Waals surface area contributed by atoms with Crippen molar-refractivity contribution in [2.75, 3.05) is 0 Å². The third-order valence-electron chi connectivity index (χ3n) is 2.47. The molecule has 1 aromatic rings. The molecule has 0 aliphatic carbocycles. The summed E-state index contributed by atoms with van der Waals surface area (Å²) in [6.45, 7) is 8.98. The van der Waals surface area contributed by atoms with Gasteiger partial charge in [0.1, 0.15) is 0 Å². The first kappa shape index (κ1) is 12.4. The van der Waals surface area contributed by atoms with Crippen LogP contribution >= 0.6 is 30.1 Å². The summed E-state index contributed by atoms with van der Waals surface area (Å²) in [5, 5.41) is 0. The van der Waals surface area contributed by atoms with Crippen LogP contribution in [-0.4, -0.2) is 0 Å². The molecular formula is C12H17IS. The first-order valence-corrected chi connectivity index (χ1v) is 8.23. The molecule has 0 aliphatic heterocycles. The fourth-order valence-electron chi connectivity index (χ4n) is 1.31. The van der Waals surface area contributed by atoms with Gasteiger partial charge in [-0.25, -0.2) is 0 Å². The molecule has 78 valence electrons. The van der Waals surface area contributed by atoms with Crippen molar-refractivity contribution in [3.63, 3.8) is 0 Å². The summed E-state index contributed by atoms with van der Waals surface area (Å²) in [7, 11) is 1.86. The molecule has 0 saturated carbocycles. The largest absolute Gasteiger partial charge is 0.0783 e. The van der Waals surface area contributed by atoms with Crippen LogP contribution < -0.4 is 0 Å². The lowest BCUT2D eigenvalue weighted by molar-refractivity contribution is 0.786. The van der Waals surface area contributed by atoms with Gasteiger partial charge in [0, 0.05) is 4.75 Å². The molecule has 0 atom stereocenters. The molecule has 0 nitrogen and oxygen atoms in total. The standard InChI is InChI=1S/C12H17IS/c1-9(2)10-5-7-11(8-6-10)12(3,4)14-13/h5-9H,1-4H3. The van der Waals surface area contributed by atoms with Gasteiger partial charge in [0.2, 0.25) is 0 Å². The van der Waals surface area contributed by atoms with Gasteiger partial charge in [-0.1, -0.05) is 47.0 Å². The lowest BCUT2D eigenvalue weighted by Crippen LogP contribution is -2.09. The third kappa shape index (κ3) is 2.89. The Morgan fingerprint density at radius 3 is 2.00 bits per heavy atom. The van der Waals surface area contributed by atoms with Crippen LogP contribution in [0.4, 0.5) is 0 Å². The highest BCUT2D eigenvalue weighted by Gasteiger charge is 2.19. The minimum Gasteiger partial charge on any atom is -0.0783 e. The monoisotopic (exact) mass is 320 g/mol. The van der Waals surface area contributed by atoms with E-state index in [1.807, 2.05) is 8.93 Å². The van der Waals surface area contributed by atoms with E-state index in [4.69, 9.17) is 0 Å². The SMILES string of the molecule is CC(C)c1ccc(C(C)(C)SI)cc1. The molecular weight excluding hydrogens is 303 g/mol. The van der Waals surface area contributed by atoms with Gasteiger partial charge in [-0.15, -0.1) is 0 Å². The minimum absolute atomic E-state index is 0.218. The van der Waals surface area contributed by atoms with Gasteiger partial charge >= 0.3 is 0 Å². The van der Waals surface area contributed by atoms with E-state index in [9.17, 15) is 0 Å². The maximum absolute atomic E-state index is 2.37. The number of benzene rings is 1. The number of rotatable bonds is 3. The van der Waals surface area contributed by atoms with Crippen molar-refractivity contribution in [1.29, 1.82) is 0 Å². The Bertz CT molecular complexity index is 288. The predicted molar refractivity (Wildman–Crippen MR) is 75.2 cm³/mol. The number of halogens is 1. The highest BCUT2D eigenvalue weighted by molar-refractivity contribution is 14.2. The zero-order valence-electron chi connectivity index (χ0n) is 9.17. The fraction of sp³-hybridized carbons (Fsp3) is 0.500. The van der Waals surface area contributed by atoms with E-state index < -0.39 is 0 Å². The van der Waals surface area contributed by atoms with Crippen LogP contribution in [0.3, 0.4) is 0 Å². The van der Waals surface area contributed by atoms with E-state index >= 15 is 0 Å². The van der Waals surface area contributed by atoms with Crippen molar-refractivity contribution in [2.45, 2.75) is 38.4 Å². The van der Waals surface area contributed by atoms with Gasteiger partial charge in [0.25, 0.3) is 0 Å². The number of hydrogen-bond donors (Lipinski definition) is 0. The van der Waals surface area contributed by atoms with Gasteiger partial charge in [-0.05, 0) is 52.1 Å². The van der Waals surface area contributed by atoms with Crippen molar-refractivity contribution in [3.8, 4) is 0 Å². The lowest BCUT2D eigenvalue weighted by Gasteiger charge is -2.21. The van der Waals surface area contributed by atoms with Crippen LogP contribution in [0.1, 0.15) is 44.7 Å². The molecule has 1 aromatic carbocycles. The highest BCUT2D eigenvalue weighted by atomic mass is 127. The maximum Gasteiger partial charge on any atom is 0.0452 e. The predicted octanol–water partition coefficient (Wildman–Crippen LogP) is 5.13. The molecule has 0 fully saturated rings. The smallest absolute Gasteiger partial charge is 0.0452 e. The molecule has 0 N–H and O–H groups in total. The minimum atomic E-state index is 0.218. The first-order chi connectivity index (χ1) is 6.47. The summed E-state index contributed by atoms with van der Waals surface area (Å²) in [6.07, 6.45) is 0. The van der Waals surface area contributed by atoms with Gasteiger partial charge in [-0.3, -0.25) is 0 Å². The van der Waals surface area contributed by atoms with Gasteiger partial charge in [-0.2, -0.15) is 0 Å². The maximum atomic E-state index is 2.37. The van der Waals surface area contributed by atoms with E-state index in [1.54, 1.807) is 0 Å². The summed E-state index contributed by atoms with van der Waals surface area (Å²) >= 11 is 2.37. The molecule has 0 aliphatic rings. The second-order valence-electron chi connectivity index (χ2n) is 4.36. The quantitative estimate of drug-likeness (QED) is 0.696. The van der Waals surface area contributed by atoms with E-state index in [-0.39, 0.29) is 4.75 Å². The second kappa shape index (κ2) is 4.88. The Morgan fingerprint density at radius 2 is 1.64 bits per heavy atom.